The lowest BCUT2D eigenvalue weighted by Gasteiger charge is -2.26. The van der Waals surface area contributed by atoms with Crippen LogP contribution in [0, 0.1) is 0 Å². The third kappa shape index (κ3) is 3.41. The summed E-state index contributed by atoms with van der Waals surface area (Å²) in [7, 11) is 0. The van der Waals surface area contributed by atoms with Gasteiger partial charge in [-0.25, -0.2) is 0 Å². The SMILES string of the molecule is c1ccc(Nc2nc(N3CCCC3)nc(N3CC[NH2+]CC3)n2)cc1. The minimum Gasteiger partial charge on any atom is -0.343 e. The second-order valence-corrected chi connectivity index (χ2v) is 6.30. The molecule has 126 valence electrons. The Morgan fingerprint density at radius 1 is 0.792 bits per heavy atom. The van der Waals surface area contributed by atoms with E-state index in [1.54, 1.807) is 0 Å². The fraction of sp³-hybridized carbons (Fsp3) is 0.471. The van der Waals surface area contributed by atoms with Crippen molar-refractivity contribution in [2.75, 3.05) is 54.4 Å². The van der Waals surface area contributed by atoms with Crippen molar-refractivity contribution in [3.05, 3.63) is 30.3 Å². The first-order valence-electron chi connectivity index (χ1n) is 8.78. The van der Waals surface area contributed by atoms with E-state index in [0.717, 1.165) is 56.9 Å². The van der Waals surface area contributed by atoms with Crippen molar-refractivity contribution >= 4 is 23.5 Å². The van der Waals surface area contributed by atoms with E-state index in [0.29, 0.717) is 5.95 Å². The molecule has 2 aliphatic heterocycles. The number of nitrogens with two attached hydrogens (primary N) is 1. The highest BCUT2D eigenvalue weighted by molar-refractivity contribution is 5.56. The summed E-state index contributed by atoms with van der Waals surface area (Å²) < 4.78 is 0. The molecule has 0 radical (unpaired) electrons. The number of quaternary nitrogens is 1. The molecule has 0 aliphatic carbocycles. The minimum absolute atomic E-state index is 0.627. The molecule has 0 atom stereocenters. The number of nitrogens with zero attached hydrogens (tertiary/aromatic N) is 5. The van der Waals surface area contributed by atoms with Gasteiger partial charge in [-0.3, -0.25) is 0 Å². The molecule has 2 aliphatic rings. The van der Waals surface area contributed by atoms with Crippen molar-refractivity contribution in [3.63, 3.8) is 0 Å². The number of rotatable bonds is 4. The molecule has 7 nitrogen and oxygen atoms in total. The van der Waals surface area contributed by atoms with Crippen LogP contribution in [0.3, 0.4) is 0 Å². The van der Waals surface area contributed by atoms with E-state index in [9.17, 15) is 0 Å². The van der Waals surface area contributed by atoms with Crippen molar-refractivity contribution in [1.82, 2.24) is 15.0 Å². The number of hydrogen-bond donors (Lipinski definition) is 2. The average Bonchev–Trinajstić information content (AvgIpc) is 3.18. The monoisotopic (exact) mass is 326 g/mol. The molecule has 24 heavy (non-hydrogen) atoms. The van der Waals surface area contributed by atoms with Gasteiger partial charge < -0.3 is 20.4 Å². The van der Waals surface area contributed by atoms with Gasteiger partial charge in [-0.05, 0) is 25.0 Å². The fourth-order valence-corrected chi connectivity index (χ4v) is 3.21. The van der Waals surface area contributed by atoms with E-state index in [4.69, 9.17) is 4.98 Å². The van der Waals surface area contributed by atoms with Gasteiger partial charge in [0.2, 0.25) is 17.8 Å². The Morgan fingerprint density at radius 3 is 2.08 bits per heavy atom. The Balaban J connectivity index is 1.64. The lowest BCUT2D eigenvalue weighted by atomic mass is 10.3. The molecule has 1 aromatic heterocycles. The molecule has 0 unspecified atom stereocenters. The van der Waals surface area contributed by atoms with E-state index in [1.807, 2.05) is 30.3 Å². The molecule has 7 heteroatoms. The third-order valence-corrected chi connectivity index (χ3v) is 4.52. The van der Waals surface area contributed by atoms with Gasteiger partial charge in [0.15, 0.2) is 0 Å². The molecular weight excluding hydrogens is 302 g/mol. The van der Waals surface area contributed by atoms with E-state index in [2.05, 4.69) is 30.4 Å². The standard InChI is InChI=1S/C17H23N7/c1-2-6-14(7-3-1)19-15-20-16(23-10-4-5-11-23)22-17(21-15)24-12-8-18-9-13-24/h1-3,6-7,18H,4-5,8-13H2,(H,19,20,21,22)/p+1. The summed E-state index contributed by atoms with van der Waals surface area (Å²) >= 11 is 0. The quantitative estimate of drug-likeness (QED) is 0.857. The molecule has 4 rings (SSSR count). The van der Waals surface area contributed by atoms with Gasteiger partial charge >= 0.3 is 0 Å². The van der Waals surface area contributed by atoms with Crippen LogP contribution >= 0.6 is 0 Å². The molecule has 2 aromatic rings. The number of anilines is 4. The Kier molecular flexibility index (Phi) is 4.42. The van der Waals surface area contributed by atoms with Crippen LogP contribution in [-0.2, 0) is 0 Å². The third-order valence-electron chi connectivity index (χ3n) is 4.52. The predicted molar refractivity (Wildman–Crippen MR) is 94.9 cm³/mol. The van der Waals surface area contributed by atoms with Crippen molar-refractivity contribution in [1.29, 1.82) is 0 Å². The van der Waals surface area contributed by atoms with E-state index < -0.39 is 0 Å². The van der Waals surface area contributed by atoms with E-state index >= 15 is 0 Å². The van der Waals surface area contributed by atoms with Crippen LogP contribution in [0.1, 0.15) is 12.8 Å². The number of para-hydroxylation sites is 1. The van der Waals surface area contributed by atoms with Gasteiger partial charge in [0.1, 0.15) is 0 Å². The second-order valence-electron chi connectivity index (χ2n) is 6.30. The first-order valence-corrected chi connectivity index (χ1v) is 8.78. The highest BCUT2D eigenvalue weighted by Crippen LogP contribution is 2.22. The van der Waals surface area contributed by atoms with Gasteiger partial charge in [-0.1, -0.05) is 18.2 Å². The lowest BCUT2D eigenvalue weighted by molar-refractivity contribution is -0.655. The maximum absolute atomic E-state index is 4.76. The van der Waals surface area contributed by atoms with Crippen LogP contribution in [0.2, 0.25) is 0 Å². The minimum atomic E-state index is 0.627. The molecular formula is C17H24N7+. The Morgan fingerprint density at radius 2 is 1.42 bits per heavy atom. The van der Waals surface area contributed by atoms with Crippen molar-refractivity contribution in [2.45, 2.75) is 12.8 Å². The summed E-state index contributed by atoms with van der Waals surface area (Å²) in [6, 6.07) is 10.1. The Labute approximate surface area is 142 Å². The van der Waals surface area contributed by atoms with Gasteiger partial charge in [0, 0.05) is 18.8 Å². The first-order chi connectivity index (χ1) is 11.9. The summed E-state index contributed by atoms with van der Waals surface area (Å²) in [6.07, 6.45) is 2.42. The molecule has 0 spiro atoms. The molecule has 2 saturated heterocycles. The summed E-state index contributed by atoms with van der Waals surface area (Å²) in [5.41, 5.74) is 0.994. The van der Waals surface area contributed by atoms with Gasteiger partial charge in [0.05, 0.1) is 26.2 Å². The highest BCUT2D eigenvalue weighted by Gasteiger charge is 2.21. The molecule has 0 bridgehead atoms. The van der Waals surface area contributed by atoms with Crippen molar-refractivity contribution in [2.24, 2.45) is 0 Å². The van der Waals surface area contributed by atoms with Crippen LogP contribution in [0.15, 0.2) is 30.3 Å². The maximum Gasteiger partial charge on any atom is 0.233 e. The average molecular weight is 326 g/mol. The first kappa shape index (κ1) is 15.1. The highest BCUT2D eigenvalue weighted by atomic mass is 15.4. The summed E-state index contributed by atoms with van der Waals surface area (Å²) in [5.74, 6) is 2.21. The van der Waals surface area contributed by atoms with Crippen LogP contribution in [0.5, 0.6) is 0 Å². The molecule has 3 heterocycles. The van der Waals surface area contributed by atoms with Crippen LogP contribution in [0.4, 0.5) is 23.5 Å². The number of aromatic nitrogens is 3. The molecule has 1 aromatic carbocycles. The molecule has 0 saturated carbocycles. The molecule has 3 N–H and O–H groups in total. The molecule has 0 amide bonds. The number of hydrogen-bond acceptors (Lipinski definition) is 6. The fourth-order valence-electron chi connectivity index (χ4n) is 3.21. The van der Waals surface area contributed by atoms with Gasteiger partial charge in [-0.2, -0.15) is 15.0 Å². The van der Waals surface area contributed by atoms with Crippen LogP contribution in [0.25, 0.3) is 0 Å². The Bertz CT molecular complexity index is 664. The lowest BCUT2D eigenvalue weighted by Crippen LogP contribution is -2.89. The van der Waals surface area contributed by atoms with E-state index in [-0.39, 0.29) is 0 Å². The normalized spacial score (nSPS) is 18.0. The maximum atomic E-state index is 4.76. The zero-order valence-corrected chi connectivity index (χ0v) is 13.9. The summed E-state index contributed by atoms with van der Waals surface area (Å²) in [6.45, 7) is 6.20. The van der Waals surface area contributed by atoms with Crippen molar-refractivity contribution in [3.8, 4) is 0 Å². The smallest absolute Gasteiger partial charge is 0.233 e. The zero-order valence-electron chi connectivity index (χ0n) is 13.9. The van der Waals surface area contributed by atoms with Crippen molar-refractivity contribution < 1.29 is 5.32 Å². The van der Waals surface area contributed by atoms with Gasteiger partial charge in [0.25, 0.3) is 0 Å². The molecule has 2 fully saturated rings. The predicted octanol–water partition coefficient (Wildman–Crippen LogP) is 0.599. The summed E-state index contributed by atoms with van der Waals surface area (Å²) in [4.78, 5) is 18.6. The Hall–Kier alpha value is -2.41. The second kappa shape index (κ2) is 7.00. The van der Waals surface area contributed by atoms with Crippen LogP contribution in [-0.4, -0.2) is 54.2 Å². The van der Waals surface area contributed by atoms with Gasteiger partial charge in [-0.15, -0.1) is 0 Å². The zero-order chi connectivity index (χ0) is 16.2. The summed E-state index contributed by atoms with van der Waals surface area (Å²) in [5, 5.41) is 5.66. The largest absolute Gasteiger partial charge is 0.343 e. The number of piperazine rings is 1. The number of benzene rings is 1. The topological polar surface area (TPSA) is 73.8 Å². The number of nitrogens with one attached hydrogen (secondary N) is 1. The van der Waals surface area contributed by atoms with E-state index in [1.165, 1.54) is 12.8 Å². The van der Waals surface area contributed by atoms with Crippen LogP contribution < -0.4 is 20.4 Å².